The Kier molecular flexibility index (Phi) is 3.90. The van der Waals surface area contributed by atoms with Gasteiger partial charge in [-0.05, 0) is 19.9 Å². The number of piperidine rings is 1. The Balaban J connectivity index is 1.83. The van der Waals surface area contributed by atoms with Crippen LogP contribution in [0, 0.1) is 18.3 Å². The standard InChI is InChI=1S/C13H21N3O/c1-3-12-4-6-15(7-5-12)13(17)16-10-8-14(2)9-11-16/h1,12H,4-11H2,2H3. The van der Waals surface area contributed by atoms with Gasteiger partial charge in [-0.2, -0.15) is 0 Å². The molecule has 0 unspecified atom stereocenters. The molecule has 94 valence electrons. The van der Waals surface area contributed by atoms with Crippen LogP contribution in [-0.2, 0) is 0 Å². The van der Waals surface area contributed by atoms with Crippen molar-refractivity contribution < 1.29 is 4.79 Å². The number of terminal acetylenes is 1. The largest absolute Gasteiger partial charge is 0.325 e. The summed E-state index contributed by atoms with van der Waals surface area (Å²) in [5.74, 6) is 3.16. The number of rotatable bonds is 0. The van der Waals surface area contributed by atoms with Crippen molar-refractivity contribution in [1.29, 1.82) is 0 Å². The highest BCUT2D eigenvalue weighted by Crippen LogP contribution is 2.17. The maximum atomic E-state index is 12.2. The van der Waals surface area contributed by atoms with Crippen molar-refractivity contribution in [3.63, 3.8) is 0 Å². The SMILES string of the molecule is C#CC1CCN(C(=O)N2CCN(C)CC2)CC1. The highest BCUT2D eigenvalue weighted by Gasteiger charge is 2.27. The molecule has 0 saturated carbocycles. The van der Waals surface area contributed by atoms with Crippen molar-refractivity contribution in [2.45, 2.75) is 12.8 Å². The van der Waals surface area contributed by atoms with Crippen molar-refractivity contribution in [2.75, 3.05) is 46.3 Å². The molecule has 2 aliphatic rings. The second kappa shape index (κ2) is 5.42. The molecule has 0 radical (unpaired) electrons. The topological polar surface area (TPSA) is 26.8 Å². The molecule has 2 fully saturated rings. The number of hydrogen-bond acceptors (Lipinski definition) is 2. The summed E-state index contributed by atoms with van der Waals surface area (Å²) in [6.45, 7) is 5.30. The first kappa shape index (κ1) is 12.3. The zero-order valence-electron chi connectivity index (χ0n) is 10.6. The smallest absolute Gasteiger partial charge is 0.320 e. The quantitative estimate of drug-likeness (QED) is 0.578. The number of amides is 2. The Morgan fingerprint density at radius 3 is 2.12 bits per heavy atom. The molecule has 4 nitrogen and oxygen atoms in total. The van der Waals surface area contributed by atoms with Crippen LogP contribution in [0.1, 0.15) is 12.8 Å². The van der Waals surface area contributed by atoms with Crippen molar-refractivity contribution >= 4 is 6.03 Å². The summed E-state index contributed by atoms with van der Waals surface area (Å²) in [6, 6.07) is 0.202. The monoisotopic (exact) mass is 235 g/mol. The predicted octanol–water partition coefficient (Wildman–Crippen LogP) is 0.699. The number of likely N-dealkylation sites (tertiary alicyclic amines) is 1. The zero-order valence-corrected chi connectivity index (χ0v) is 10.6. The van der Waals surface area contributed by atoms with E-state index in [9.17, 15) is 4.79 Å². The lowest BCUT2D eigenvalue weighted by molar-refractivity contribution is 0.112. The fourth-order valence-corrected chi connectivity index (χ4v) is 2.44. The second-order valence-electron chi connectivity index (χ2n) is 5.00. The van der Waals surface area contributed by atoms with E-state index in [0.717, 1.165) is 52.1 Å². The van der Waals surface area contributed by atoms with E-state index in [0.29, 0.717) is 5.92 Å². The lowest BCUT2D eigenvalue weighted by atomic mass is 9.98. The summed E-state index contributed by atoms with van der Waals surface area (Å²) in [5, 5.41) is 0. The van der Waals surface area contributed by atoms with Crippen molar-refractivity contribution in [3.8, 4) is 12.3 Å². The Hall–Kier alpha value is -1.21. The molecule has 0 spiro atoms. The Morgan fingerprint density at radius 2 is 1.59 bits per heavy atom. The first-order chi connectivity index (χ1) is 8.20. The molecule has 2 amide bonds. The molecule has 4 heteroatoms. The lowest BCUT2D eigenvalue weighted by Crippen LogP contribution is -2.53. The molecular formula is C13H21N3O. The van der Waals surface area contributed by atoms with Gasteiger partial charge in [-0.15, -0.1) is 12.3 Å². The average Bonchev–Trinajstić information content (AvgIpc) is 2.39. The van der Waals surface area contributed by atoms with E-state index in [4.69, 9.17) is 6.42 Å². The van der Waals surface area contributed by atoms with Crippen LogP contribution < -0.4 is 0 Å². The molecule has 0 aromatic heterocycles. The van der Waals surface area contributed by atoms with Crippen molar-refractivity contribution in [3.05, 3.63) is 0 Å². The Morgan fingerprint density at radius 1 is 1.06 bits per heavy atom. The van der Waals surface area contributed by atoms with Crippen LogP contribution in [0.3, 0.4) is 0 Å². The van der Waals surface area contributed by atoms with Gasteiger partial charge in [0, 0.05) is 45.2 Å². The van der Waals surface area contributed by atoms with E-state index in [1.54, 1.807) is 0 Å². The number of carbonyl (C=O) groups excluding carboxylic acids is 1. The van der Waals surface area contributed by atoms with Gasteiger partial charge in [0.25, 0.3) is 0 Å². The third-order valence-corrected chi connectivity index (χ3v) is 3.77. The maximum Gasteiger partial charge on any atom is 0.320 e. The van der Waals surface area contributed by atoms with Crippen LogP contribution in [-0.4, -0.2) is 67.0 Å². The number of carbonyl (C=O) groups is 1. The lowest BCUT2D eigenvalue weighted by Gasteiger charge is -2.38. The van der Waals surface area contributed by atoms with E-state index >= 15 is 0 Å². The molecule has 2 saturated heterocycles. The van der Waals surface area contributed by atoms with Gasteiger partial charge in [0.05, 0.1) is 0 Å². The molecular weight excluding hydrogens is 214 g/mol. The minimum Gasteiger partial charge on any atom is -0.325 e. The van der Waals surface area contributed by atoms with Gasteiger partial charge >= 0.3 is 6.03 Å². The first-order valence-electron chi connectivity index (χ1n) is 6.39. The second-order valence-corrected chi connectivity index (χ2v) is 5.00. The highest BCUT2D eigenvalue weighted by molar-refractivity contribution is 5.74. The molecule has 0 aromatic carbocycles. The fraction of sp³-hybridized carbons (Fsp3) is 0.769. The summed E-state index contributed by atoms with van der Waals surface area (Å²) in [5.41, 5.74) is 0. The van der Waals surface area contributed by atoms with Crippen LogP contribution in [0.25, 0.3) is 0 Å². The zero-order chi connectivity index (χ0) is 12.3. The third kappa shape index (κ3) is 2.92. The summed E-state index contributed by atoms with van der Waals surface area (Å²) in [6.07, 6.45) is 7.32. The fourth-order valence-electron chi connectivity index (χ4n) is 2.44. The van der Waals surface area contributed by atoms with Crippen LogP contribution in [0.2, 0.25) is 0 Å². The molecule has 0 atom stereocenters. The normalized spacial score (nSPS) is 23.5. The van der Waals surface area contributed by atoms with Gasteiger partial charge in [0.2, 0.25) is 0 Å². The number of nitrogens with zero attached hydrogens (tertiary/aromatic N) is 3. The van der Waals surface area contributed by atoms with E-state index < -0.39 is 0 Å². The Labute approximate surface area is 104 Å². The summed E-state index contributed by atoms with van der Waals surface area (Å²) in [7, 11) is 2.10. The first-order valence-corrected chi connectivity index (χ1v) is 6.39. The highest BCUT2D eigenvalue weighted by atomic mass is 16.2. The molecule has 2 heterocycles. The van der Waals surface area contributed by atoms with Gasteiger partial charge in [-0.1, -0.05) is 0 Å². The summed E-state index contributed by atoms with van der Waals surface area (Å²) >= 11 is 0. The van der Waals surface area contributed by atoms with Crippen LogP contribution in [0.4, 0.5) is 4.79 Å². The van der Waals surface area contributed by atoms with Gasteiger partial charge < -0.3 is 14.7 Å². The number of urea groups is 1. The molecule has 17 heavy (non-hydrogen) atoms. The number of piperazine rings is 1. The third-order valence-electron chi connectivity index (χ3n) is 3.77. The predicted molar refractivity (Wildman–Crippen MR) is 67.6 cm³/mol. The van der Waals surface area contributed by atoms with Crippen molar-refractivity contribution in [2.24, 2.45) is 5.92 Å². The van der Waals surface area contributed by atoms with E-state index in [-0.39, 0.29) is 6.03 Å². The molecule has 0 aromatic rings. The Bertz CT molecular complexity index is 307. The van der Waals surface area contributed by atoms with Crippen LogP contribution >= 0.6 is 0 Å². The molecule has 2 aliphatic heterocycles. The number of hydrogen-bond donors (Lipinski definition) is 0. The van der Waals surface area contributed by atoms with E-state index in [2.05, 4.69) is 17.9 Å². The van der Waals surface area contributed by atoms with Gasteiger partial charge in [-0.25, -0.2) is 4.79 Å². The number of likely N-dealkylation sites (N-methyl/N-ethyl adjacent to an activating group) is 1. The van der Waals surface area contributed by atoms with E-state index in [1.807, 2.05) is 9.80 Å². The van der Waals surface area contributed by atoms with Crippen LogP contribution in [0.15, 0.2) is 0 Å². The summed E-state index contributed by atoms with van der Waals surface area (Å²) < 4.78 is 0. The minimum absolute atomic E-state index is 0.202. The summed E-state index contributed by atoms with van der Waals surface area (Å²) in [4.78, 5) is 18.4. The van der Waals surface area contributed by atoms with Crippen LogP contribution in [0.5, 0.6) is 0 Å². The average molecular weight is 235 g/mol. The van der Waals surface area contributed by atoms with Gasteiger partial charge in [0.1, 0.15) is 0 Å². The van der Waals surface area contributed by atoms with Gasteiger partial charge in [-0.3, -0.25) is 0 Å². The molecule has 0 N–H and O–H groups in total. The molecule has 0 aliphatic carbocycles. The van der Waals surface area contributed by atoms with E-state index in [1.165, 1.54) is 0 Å². The van der Waals surface area contributed by atoms with Gasteiger partial charge in [0.15, 0.2) is 0 Å². The minimum atomic E-state index is 0.202. The maximum absolute atomic E-state index is 12.2. The molecule has 0 bridgehead atoms. The van der Waals surface area contributed by atoms with Crippen molar-refractivity contribution in [1.82, 2.24) is 14.7 Å². The molecule has 2 rings (SSSR count).